The van der Waals surface area contributed by atoms with Gasteiger partial charge < -0.3 is 10.1 Å². The van der Waals surface area contributed by atoms with Crippen molar-refractivity contribution in [2.24, 2.45) is 0 Å². The van der Waals surface area contributed by atoms with Crippen LogP contribution in [0.4, 0.5) is 10.7 Å². The lowest BCUT2D eigenvalue weighted by Crippen LogP contribution is -2.14. The average molecular weight is 424 g/mol. The van der Waals surface area contributed by atoms with E-state index in [1.165, 1.54) is 42.7 Å². The first kappa shape index (κ1) is 21.2. The first-order chi connectivity index (χ1) is 14.2. The van der Waals surface area contributed by atoms with Crippen LogP contribution >= 0.6 is 11.3 Å². The number of nitrogens with zero attached hydrogens (tertiary/aromatic N) is 1. The monoisotopic (exact) mass is 424 g/mol. The second-order valence-corrected chi connectivity index (χ2v) is 8.01. The molecule has 1 heterocycles. The van der Waals surface area contributed by atoms with Gasteiger partial charge in [0, 0.05) is 28.1 Å². The van der Waals surface area contributed by atoms with Crippen LogP contribution in [-0.4, -0.2) is 23.9 Å². The molecule has 7 nitrogen and oxygen atoms in total. The van der Waals surface area contributed by atoms with Crippen molar-refractivity contribution >= 4 is 33.9 Å². The molecule has 0 aliphatic carbocycles. The van der Waals surface area contributed by atoms with Crippen LogP contribution < -0.4 is 5.32 Å². The number of methoxy groups -OCH3 is 1. The lowest BCUT2D eigenvalue weighted by molar-refractivity contribution is -0.384. The molecule has 0 unspecified atom stereocenters. The molecule has 0 aliphatic rings. The fraction of sp³-hybridized carbons (Fsp3) is 0.182. The maximum atomic E-state index is 12.7. The molecule has 1 N–H and O–H groups in total. The van der Waals surface area contributed by atoms with E-state index in [1.807, 2.05) is 39.0 Å². The van der Waals surface area contributed by atoms with Gasteiger partial charge in [-0.2, -0.15) is 0 Å². The Kier molecular flexibility index (Phi) is 5.98. The van der Waals surface area contributed by atoms with Gasteiger partial charge in [-0.3, -0.25) is 14.9 Å². The minimum atomic E-state index is -0.568. The number of esters is 1. The number of anilines is 1. The van der Waals surface area contributed by atoms with Crippen LogP contribution in [0.1, 0.15) is 36.7 Å². The normalized spacial score (nSPS) is 10.5. The highest BCUT2D eigenvalue weighted by Gasteiger charge is 2.26. The Hall–Kier alpha value is -3.52. The average Bonchev–Trinajstić information content (AvgIpc) is 3.05. The minimum Gasteiger partial charge on any atom is -0.465 e. The molecule has 8 heteroatoms. The number of non-ortho nitro benzene ring substituents is 1. The Bertz CT molecular complexity index is 1170. The van der Waals surface area contributed by atoms with Crippen molar-refractivity contribution in [1.82, 2.24) is 0 Å². The molecule has 3 aromatic rings. The number of benzene rings is 2. The number of nitrogens with one attached hydrogen (secondary N) is 1. The molecular weight excluding hydrogens is 404 g/mol. The van der Waals surface area contributed by atoms with E-state index in [0.29, 0.717) is 10.6 Å². The minimum absolute atomic E-state index is 0.124. The Balaban J connectivity index is 2.06. The van der Waals surface area contributed by atoms with Crippen LogP contribution in [0, 0.1) is 30.9 Å². The van der Waals surface area contributed by atoms with Gasteiger partial charge in [0.15, 0.2) is 0 Å². The second-order valence-electron chi connectivity index (χ2n) is 6.79. The zero-order valence-electron chi connectivity index (χ0n) is 16.9. The van der Waals surface area contributed by atoms with E-state index in [2.05, 4.69) is 5.32 Å². The summed E-state index contributed by atoms with van der Waals surface area (Å²) in [7, 11) is 1.28. The summed E-state index contributed by atoms with van der Waals surface area (Å²) in [5.74, 6) is -1.11. The van der Waals surface area contributed by atoms with E-state index in [9.17, 15) is 19.7 Å². The molecule has 0 saturated heterocycles. The Labute approximate surface area is 177 Å². The van der Waals surface area contributed by atoms with E-state index in [-0.39, 0.29) is 16.8 Å². The number of carbonyl (C=O) groups excluding carboxylic acids is 2. The molecule has 0 radical (unpaired) electrons. The lowest BCUT2D eigenvalue weighted by Gasteiger charge is -2.10. The molecule has 2 aromatic carbocycles. The first-order valence-corrected chi connectivity index (χ1v) is 9.89. The smallest absolute Gasteiger partial charge is 0.341 e. The van der Waals surface area contributed by atoms with Crippen molar-refractivity contribution in [2.45, 2.75) is 20.8 Å². The van der Waals surface area contributed by atoms with Crippen molar-refractivity contribution < 1.29 is 19.2 Å². The van der Waals surface area contributed by atoms with Crippen molar-refractivity contribution in [3.8, 4) is 11.1 Å². The van der Waals surface area contributed by atoms with Crippen molar-refractivity contribution in [1.29, 1.82) is 0 Å². The SMILES string of the molecule is COC(=O)c1c(NC(=O)c2cccc([N+](=O)[O-])c2)sc(C)c1-c1ccc(C)c(C)c1. The lowest BCUT2D eigenvalue weighted by atomic mass is 9.97. The van der Waals surface area contributed by atoms with E-state index < -0.39 is 16.8 Å². The van der Waals surface area contributed by atoms with E-state index in [1.54, 1.807) is 0 Å². The zero-order valence-corrected chi connectivity index (χ0v) is 17.8. The van der Waals surface area contributed by atoms with Crippen LogP contribution in [-0.2, 0) is 4.74 Å². The van der Waals surface area contributed by atoms with E-state index in [4.69, 9.17) is 4.74 Å². The van der Waals surface area contributed by atoms with Crippen LogP contribution in [0.15, 0.2) is 42.5 Å². The third-order valence-corrected chi connectivity index (χ3v) is 5.84. The second kappa shape index (κ2) is 8.46. The van der Waals surface area contributed by atoms with Crippen molar-refractivity contribution in [3.63, 3.8) is 0 Å². The van der Waals surface area contributed by atoms with Gasteiger partial charge in [-0.1, -0.05) is 24.3 Å². The molecular formula is C22H20N2O5S. The molecule has 3 rings (SSSR count). The number of amides is 1. The van der Waals surface area contributed by atoms with Gasteiger partial charge in [-0.25, -0.2) is 4.79 Å². The Morgan fingerprint density at radius 1 is 1.07 bits per heavy atom. The predicted octanol–water partition coefficient (Wildman–Crippen LogP) is 5.29. The van der Waals surface area contributed by atoms with Gasteiger partial charge in [-0.15, -0.1) is 11.3 Å². The first-order valence-electron chi connectivity index (χ1n) is 9.08. The molecule has 0 saturated carbocycles. The Morgan fingerprint density at radius 3 is 2.43 bits per heavy atom. The number of hydrogen-bond acceptors (Lipinski definition) is 6. The number of aryl methyl sites for hydroxylation is 3. The fourth-order valence-corrected chi connectivity index (χ4v) is 4.17. The summed E-state index contributed by atoms with van der Waals surface area (Å²) in [6, 6.07) is 11.3. The highest BCUT2D eigenvalue weighted by Crippen LogP contribution is 2.41. The molecule has 0 aliphatic heterocycles. The molecule has 30 heavy (non-hydrogen) atoms. The predicted molar refractivity (Wildman–Crippen MR) is 116 cm³/mol. The maximum Gasteiger partial charge on any atom is 0.341 e. The number of nitro groups is 1. The summed E-state index contributed by atoms with van der Waals surface area (Å²) in [6.07, 6.45) is 0. The summed E-state index contributed by atoms with van der Waals surface area (Å²) in [5.41, 5.74) is 3.96. The summed E-state index contributed by atoms with van der Waals surface area (Å²) in [5, 5.41) is 14.0. The quantitative estimate of drug-likeness (QED) is 0.341. The van der Waals surface area contributed by atoms with Gasteiger partial charge in [0.2, 0.25) is 0 Å². The van der Waals surface area contributed by atoms with Crippen LogP contribution in [0.25, 0.3) is 11.1 Å². The van der Waals surface area contributed by atoms with Crippen molar-refractivity contribution in [3.05, 3.63) is 79.7 Å². The highest BCUT2D eigenvalue weighted by molar-refractivity contribution is 7.17. The molecule has 154 valence electrons. The number of nitro benzene ring substituents is 1. The van der Waals surface area contributed by atoms with E-state index in [0.717, 1.165) is 21.6 Å². The standard InChI is InChI=1S/C22H20N2O5S/c1-12-8-9-15(10-13(12)2)18-14(3)30-21(19(18)22(26)29-4)23-20(25)16-6-5-7-17(11-16)24(27)28/h5-11H,1-4H3,(H,23,25). The topological polar surface area (TPSA) is 98.5 Å². The number of ether oxygens (including phenoxy) is 1. The summed E-state index contributed by atoms with van der Waals surface area (Å²) >= 11 is 1.26. The van der Waals surface area contributed by atoms with Crippen LogP contribution in [0.5, 0.6) is 0 Å². The fourth-order valence-electron chi connectivity index (χ4n) is 3.11. The number of thiophene rings is 1. The van der Waals surface area contributed by atoms with Gasteiger partial charge in [0.1, 0.15) is 10.6 Å². The number of rotatable bonds is 5. The van der Waals surface area contributed by atoms with Crippen LogP contribution in [0.3, 0.4) is 0 Å². The van der Waals surface area contributed by atoms with Gasteiger partial charge >= 0.3 is 5.97 Å². The third kappa shape index (κ3) is 4.08. The summed E-state index contributed by atoms with van der Waals surface area (Å²) < 4.78 is 4.97. The zero-order chi connectivity index (χ0) is 22.0. The number of hydrogen-bond donors (Lipinski definition) is 1. The maximum absolute atomic E-state index is 12.7. The number of carbonyl (C=O) groups is 2. The molecule has 1 aromatic heterocycles. The van der Waals surface area contributed by atoms with Gasteiger partial charge in [0.05, 0.1) is 12.0 Å². The molecule has 1 amide bonds. The summed E-state index contributed by atoms with van der Waals surface area (Å²) in [4.78, 5) is 36.6. The highest BCUT2D eigenvalue weighted by atomic mass is 32.1. The Morgan fingerprint density at radius 2 is 1.80 bits per heavy atom. The third-order valence-electron chi connectivity index (χ3n) is 4.82. The van der Waals surface area contributed by atoms with Crippen molar-refractivity contribution in [2.75, 3.05) is 12.4 Å². The van der Waals surface area contributed by atoms with E-state index >= 15 is 0 Å². The summed E-state index contributed by atoms with van der Waals surface area (Å²) in [6.45, 7) is 5.86. The van der Waals surface area contributed by atoms with Gasteiger partial charge in [0.25, 0.3) is 11.6 Å². The van der Waals surface area contributed by atoms with Crippen LogP contribution in [0.2, 0.25) is 0 Å². The molecule has 0 atom stereocenters. The molecule has 0 bridgehead atoms. The largest absolute Gasteiger partial charge is 0.465 e. The molecule has 0 fully saturated rings. The molecule has 0 spiro atoms. The van der Waals surface area contributed by atoms with Gasteiger partial charge in [-0.05, 0) is 43.5 Å².